The highest BCUT2D eigenvalue weighted by molar-refractivity contribution is 9.10. The van der Waals surface area contributed by atoms with Gasteiger partial charge in [-0.05, 0) is 54.3 Å². The molecule has 0 radical (unpaired) electrons. The molecule has 0 bridgehead atoms. The molecule has 0 spiro atoms. The average molecular weight is 525 g/mol. The van der Waals surface area contributed by atoms with E-state index in [1.54, 1.807) is 17.0 Å². The molecule has 6 heteroatoms. The molecule has 0 fully saturated rings. The van der Waals surface area contributed by atoms with Crippen molar-refractivity contribution in [1.82, 2.24) is 10.2 Å². The fourth-order valence-electron chi connectivity index (χ4n) is 3.66. The van der Waals surface area contributed by atoms with Gasteiger partial charge >= 0.3 is 0 Å². The zero-order valence-electron chi connectivity index (χ0n) is 19.5. The van der Waals surface area contributed by atoms with Crippen LogP contribution in [0.5, 0.6) is 0 Å². The average Bonchev–Trinajstić information content (AvgIpc) is 2.84. The van der Waals surface area contributed by atoms with Gasteiger partial charge in [-0.3, -0.25) is 9.59 Å². The number of hydrogen-bond acceptors (Lipinski definition) is 2. The molecule has 0 heterocycles. The summed E-state index contributed by atoms with van der Waals surface area (Å²) in [5.74, 6) is -0.713. The zero-order chi connectivity index (χ0) is 24.5. The smallest absolute Gasteiger partial charge is 0.243 e. The Balaban J connectivity index is 1.95. The molecule has 4 nitrogen and oxygen atoms in total. The van der Waals surface area contributed by atoms with Crippen molar-refractivity contribution < 1.29 is 14.0 Å². The van der Waals surface area contributed by atoms with Crippen molar-refractivity contribution in [3.63, 3.8) is 0 Å². The minimum absolute atomic E-state index is 0.00694. The van der Waals surface area contributed by atoms with Crippen LogP contribution in [0.1, 0.15) is 37.0 Å². The minimum atomic E-state index is -0.687. The summed E-state index contributed by atoms with van der Waals surface area (Å²) < 4.78 is 14.3. The summed E-state index contributed by atoms with van der Waals surface area (Å²) in [4.78, 5) is 28.7. The molecule has 3 aromatic carbocycles. The second kappa shape index (κ2) is 12.5. The van der Waals surface area contributed by atoms with E-state index in [9.17, 15) is 14.0 Å². The van der Waals surface area contributed by atoms with Crippen LogP contribution in [-0.4, -0.2) is 28.8 Å². The molecule has 2 amide bonds. The van der Waals surface area contributed by atoms with Crippen LogP contribution in [0, 0.1) is 5.82 Å². The zero-order valence-corrected chi connectivity index (χ0v) is 21.1. The number of halogens is 2. The number of hydrogen-bond donors (Lipinski definition) is 1. The van der Waals surface area contributed by atoms with Gasteiger partial charge in [0.1, 0.15) is 11.9 Å². The molecule has 0 aliphatic carbocycles. The van der Waals surface area contributed by atoms with Gasteiger partial charge in [-0.25, -0.2) is 4.39 Å². The fraction of sp³-hybridized carbons (Fsp3) is 0.286. The van der Waals surface area contributed by atoms with Crippen molar-refractivity contribution in [3.05, 3.63) is 106 Å². The molecule has 0 aromatic heterocycles. The minimum Gasteiger partial charge on any atom is -0.352 e. The standard InChI is InChI=1S/C28H30BrFN2O2/c1-3-20(2)31-28(34)26(17-21-7-5-4-6-8-21)32(19-23-9-13-24(29)14-10-23)27(33)18-22-11-15-25(30)16-12-22/h4-16,20,26H,3,17-19H2,1-2H3,(H,31,34). The van der Waals surface area contributed by atoms with Gasteiger partial charge in [-0.2, -0.15) is 0 Å². The van der Waals surface area contributed by atoms with E-state index < -0.39 is 6.04 Å². The topological polar surface area (TPSA) is 49.4 Å². The Hall–Kier alpha value is -2.99. The summed E-state index contributed by atoms with van der Waals surface area (Å²) in [6.07, 6.45) is 1.27. The summed E-state index contributed by atoms with van der Waals surface area (Å²) in [6.45, 7) is 4.26. The van der Waals surface area contributed by atoms with Crippen LogP contribution in [0.15, 0.2) is 83.3 Å². The van der Waals surface area contributed by atoms with Gasteiger partial charge < -0.3 is 10.2 Å². The van der Waals surface area contributed by atoms with Crippen molar-refractivity contribution in [2.45, 2.75) is 51.7 Å². The number of amides is 2. The highest BCUT2D eigenvalue weighted by Crippen LogP contribution is 2.19. The van der Waals surface area contributed by atoms with E-state index in [-0.39, 0.29) is 30.1 Å². The molecule has 1 N–H and O–H groups in total. The first kappa shape index (κ1) is 25.6. The predicted molar refractivity (Wildman–Crippen MR) is 137 cm³/mol. The Morgan fingerprint density at radius 3 is 2.15 bits per heavy atom. The number of carbonyl (C=O) groups is 2. The third-order valence-corrected chi connectivity index (χ3v) is 6.34. The molecule has 2 unspecified atom stereocenters. The SMILES string of the molecule is CCC(C)NC(=O)C(Cc1ccccc1)N(Cc1ccc(Br)cc1)C(=O)Cc1ccc(F)cc1. The van der Waals surface area contributed by atoms with E-state index in [2.05, 4.69) is 21.2 Å². The van der Waals surface area contributed by atoms with E-state index in [0.717, 1.165) is 22.0 Å². The lowest BCUT2D eigenvalue weighted by Gasteiger charge is -2.32. The number of carbonyl (C=O) groups excluding carboxylic acids is 2. The number of nitrogens with zero attached hydrogens (tertiary/aromatic N) is 1. The highest BCUT2D eigenvalue weighted by atomic mass is 79.9. The van der Waals surface area contributed by atoms with Gasteiger partial charge in [0.25, 0.3) is 0 Å². The van der Waals surface area contributed by atoms with Crippen LogP contribution in [0.25, 0.3) is 0 Å². The van der Waals surface area contributed by atoms with E-state index in [0.29, 0.717) is 18.5 Å². The molecular formula is C28H30BrFN2O2. The Labute approximate surface area is 209 Å². The Morgan fingerprint density at radius 1 is 0.912 bits per heavy atom. The maximum atomic E-state index is 13.6. The molecule has 3 rings (SSSR count). The Kier molecular flexibility index (Phi) is 9.40. The van der Waals surface area contributed by atoms with Crippen LogP contribution >= 0.6 is 15.9 Å². The van der Waals surface area contributed by atoms with Crippen LogP contribution in [0.2, 0.25) is 0 Å². The van der Waals surface area contributed by atoms with E-state index in [4.69, 9.17) is 0 Å². The van der Waals surface area contributed by atoms with Gasteiger partial charge in [0.05, 0.1) is 6.42 Å². The molecular weight excluding hydrogens is 495 g/mol. The quantitative estimate of drug-likeness (QED) is 0.370. The lowest BCUT2D eigenvalue weighted by Crippen LogP contribution is -2.52. The lowest BCUT2D eigenvalue weighted by atomic mass is 10.0. The molecule has 0 saturated heterocycles. The Morgan fingerprint density at radius 2 is 1.53 bits per heavy atom. The maximum absolute atomic E-state index is 13.6. The van der Waals surface area contributed by atoms with Gasteiger partial charge in [0.15, 0.2) is 0 Å². The van der Waals surface area contributed by atoms with Crippen molar-refractivity contribution in [2.24, 2.45) is 0 Å². The third kappa shape index (κ3) is 7.52. The van der Waals surface area contributed by atoms with Crippen molar-refractivity contribution in [3.8, 4) is 0 Å². The second-order valence-corrected chi connectivity index (χ2v) is 9.39. The summed E-state index contributed by atoms with van der Waals surface area (Å²) in [5.41, 5.74) is 2.60. The van der Waals surface area contributed by atoms with E-state index >= 15 is 0 Å². The van der Waals surface area contributed by atoms with E-state index in [1.165, 1.54) is 12.1 Å². The molecule has 34 heavy (non-hydrogen) atoms. The number of nitrogens with one attached hydrogen (secondary N) is 1. The van der Waals surface area contributed by atoms with Crippen LogP contribution in [0.3, 0.4) is 0 Å². The predicted octanol–water partition coefficient (Wildman–Crippen LogP) is 5.69. The van der Waals surface area contributed by atoms with Gasteiger partial charge in [-0.1, -0.05) is 77.5 Å². The maximum Gasteiger partial charge on any atom is 0.243 e. The third-order valence-electron chi connectivity index (χ3n) is 5.81. The largest absolute Gasteiger partial charge is 0.352 e. The lowest BCUT2D eigenvalue weighted by molar-refractivity contribution is -0.141. The van der Waals surface area contributed by atoms with Crippen molar-refractivity contribution in [1.29, 1.82) is 0 Å². The summed E-state index contributed by atoms with van der Waals surface area (Å²) >= 11 is 3.45. The molecule has 178 valence electrons. The number of rotatable bonds is 10. The first-order valence-corrected chi connectivity index (χ1v) is 12.3. The van der Waals surface area contributed by atoms with E-state index in [1.807, 2.05) is 68.4 Å². The molecule has 3 aromatic rings. The van der Waals surface area contributed by atoms with Crippen LogP contribution < -0.4 is 5.32 Å². The number of benzene rings is 3. The second-order valence-electron chi connectivity index (χ2n) is 8.47. The van der Waals surface area contributed by atoms with Crippen molar-refractivity contribution in [2.75, 3.05) is 0 Å². The van der Waals surface area contributed by atoms with Crippen LogP contribution in [-0.2, 0) is 29.0 Å². The highest BCUT2D eigenvalue weighted by Gasteiger charge is 2.31. The van der Waals surface area contributed by atoms with Gasteiger partial charge in [0, 0.05) is 23.5 Å². The first-order chi connectivity index (χ1) is 16.4. The van der Waals surface area contributed by atoms with Crippen LogP contribution in [0.4, 0.5) is 4.39 Å². The monoisotopic (exact) mass is 524 g/mol. The molecule has 2 atom stereocenters. The van der Waals surface area contributed by atoms with Gasteiger partial charge in [-0.15, -0.1) is 0 Å². The molecule has 0 aliphatic heterocycles. The molecule has 0 aliphatic rings. The Bertz CT molecular complexity index is 1070. The first-order valence-electron chi connectivity index (χ1n) is 11.5. The molecule has 0 saturated carbocycles. The summed E-state index contributed by atoms with van der Waals surface area (Å²) in [5, 5.41) is 3.06. The summed E-state index contributed by atoms with van der Waals surface area (Å²) in [7, 11) is 0. The normalized spacial score (nSPS) is 12.6. The fourth-order valence-corrected chi connectivity index (χ4v) is 3.92. The van der Waals surface area contributed by atoms with Crippen molar-refractivity contribution >= 4 is 27.7 Å². The summed E-state index contributed by atoms with van der Waals surface area (Å²) in [6, 6.07) is 22.6. The van der Waals surface area contributed by atoms with Gasteiger partial charge in [0.2, 0.25) is 11.8 Å².